The summed E-state index contributed by atoms with van der Waals surface area (Å²) in [6.45, 7) is 9.13. The molecule has 0 saturated carbocycles. The van der Waals surface area contributed by atoms with Crippen molar-refractivity contribution in [2.45, 2.75) is 51.4 Å². The molecule has 1 amide bonds. The number of nitrogens with zero attached hydrogens (tertiary/aromatic N) is 3. The molecule has 2 aliphatic rings. The van der Waals surface area contributed by atoms with Gasteiger partial charge in [0.2, 0.25) is 0 Å². The smallest absolute Gasteiger partial charge is 0.475 e. The van der Waals surface area contributed by atoms with Gasteiger partial charge in [0.1, 0.15) is 11.3 Å². The first-order chi connectivity index (χ1) is 16.0. The number of anilines is 1. The van der Waals surface area contributed by atoms with Crippen molar-refractivity contribution in [3.8, 4) is 0 Å². The van der Waals surface area contributed by atoms with Crippen LogP contribution in [0.25, 0.3) is 0 Å². The number of carboxylic acid groups (broad SMARTS) is 1. The molecular formula is C23H28F3N3O5. The summed E-state index contributed by atoms with van der Waals surface area (Å²) in [4.78, 5) is 26.0. The van der Waals surface area contributed by atoms with E-state index in [0.717, 1.165) is 19.4 Å². The van der Waals surface area contributed by atoms with Crippen LogP contribution in [0.1, 0.15) is 48.4 Å². The van der Waals surface area contributed by atoms with Gasteiger partial charge in [-0.3, -0.25) is 4.79 Å². The average Bonchev–Trinajstić information content (AvgIpc) is 3.15. The summed E-state index contributed by atoms with van der Waals surface area (Å²) < 4.78 is 43.3. The highest BCUT2D eigenvalue weighted by Crippen LogP contribution is 2.43. The lowest BCUT2D eigenvalue weighted by molar-refractivity contribution is -0.192. The summed E-state index contributed by atoms with van der Waals surface area (Å²) in [7, 11) is 0. The number of amides is 1. The maximum atomic E-state index is 12.8. The largest absolute Gasteiger partial charge is 0.490 e. The highest BCUT2D eigenvalue weighted by molar-refractivity contribution is 5.94. The van der Waals surface area contributed by atoms with Crippen LogP contribution in [0, 0.1) is 6.92 Å². The van der Waals surface area contributed by atoms with Gasteiger partial charge in [0.25, 0.3) is 5.91 Å². The molecule has 0 unspecified atom stereocenters. The highest BCUT2D eigenvalue weighted by Gasteiger charge is 2.42. The van der Waals surface area contributed by atoms with E-state index in [-0.39, 0.29) is 11.5 Å². The Morgan fingerprint density at radius 2 is 1.76 bits per heavy atom. The fourth-order valence-electron chi connectivity index (χ4n) is 4.34. The van der Waals surface area contributed by atoms with Crippen molar-refractivity contribution in [2.75, 3.05) is 31.1 Å². The molecule has 186 valence electrons. The number of aromatic nitrogens is 1. The molecule has 0 atom stereocenters. The first kappa shape index (κ1) is 25.5. The summed E-state index contributed by atoms with van der Waals surface area (Å²) >= 11 is 0. The number of rotatable bonds is 2. The molecule has 3 heterocycles. The van der Waals surface area contributed by atoms with Crippen molar-refractivity contribution in [2.24, 2.45) is 0 Å². The Morgan fingerprint density at radius 1 is 1.15 bits per heavy atom. The van der Waals surface area contributed by atoms with E-state index >= 15 is 0 Å². The topological polar surface area (TPSA) is 96.1 Å². The third-order valence-corrected chi connectivity index (χ3v) is 6.12. The van der Waals surface area contributed by atoms with Crippen molar-refractivity contribution in [1.82, 2.24) is 10.1 Å². The lowest BCUT2D eigenvalue weighted by atomic mass is 9.82. The van der Waals surface area contributed by atoms with E-state index < -0.39 is 12.1 Å². The molecule has 0 aliphatic carbocycles. The molecule has 2 aromatic rings. The van der Waals surface area contributed by atoms with Crippen LogP contribution in [0.4, 0.5) is 18.9 Å². The Labute approximate surface area is 195 Å². The van der Waals surface area contributed by atoms with Crippen LogP contribution in [0.5, 0.6) is 0 Å². The molecule has 1 aromatic carbocycles. The second kappa shape index (κ2) is 10.0. The highest BCUT2D eigenvalue weighted by atomic mass is 19.4. The van der Waals surface area contributed by atoms with Gasteiger partial charge in [0, 0.05) is 36.9 Å². The Morgan fingerprint density at radius 3 is 2.29 bits per heavy atom. The number of alkyl halides is 3. The number of piperidine rings is 1. The number of carbonyl (C=O) groups excluding carboxylic acids is 1. The van der Waals surface area contributed by atoms with Crippen molar-refractivity contribution >= 4 is 17.6 Å². The molecule has 8 nitrogen and oxygen atoms in total. The molecule has 0 radical (unpaired) electrons. The van der Waals surface area contributed by atoms with Crippen molar-refractivity contribution in [1.29, 1.82) is 0 Å². The summed E-state index contributed by atoms with van der Waals surface area (Å²) in [5.41, 5.74) is 2.75. The molecule has 11 heteroatoms. The van der Waals surface area contributed by atoms with E-state index in [1.54, 1.807) is 6.92 Å². The molecule has 1 fully saturated rings. The van der Waals surface area contributed by atoms with Crippen LogP contribution in [0.15, 0.2) is 35.0 Å². The number of aryl methyl sites for hydroxylation is 1. The van der Waals surface area contributed by atoms with E-state index in [0.29, 0.717) is 37.1 Å². The lowest BCUT2D eigenvalue weighted by Crippen LogP contribution is -2.46. The van der Waals surface area contributed by atoms with Crippen LogP contribution in [0.2, 0.25) is 0 Å². The summed E-state index contributed by atoms with van der Waals surface area (Å²) in [5, 5.41) is 10.9. The minimum absolute atomic E-state index is 0.00526. The number of carboxylic acids is 1. The van der Waals surface area contributed by atoms with Gasteiger partial charge < -0.3 is 24.2 Å². The third kappa shape index (κ3) is 5.35. The Bertz CT molecular complexity index is 1010. The van der Waals surface area contributed by atoms with Gasteiger partial charge in [-0.15, -0.1) is 0 Å². The number of hydrogen-bond acceptors (Lipinski definition) is 6. The Hall–Kier alpha value is -3.08. The maximum Gasteiger partial charge on any atom is 0.490 e. The lowest BCUT2D eigenvalue weighted by Gasteiger charge is -2.42. The normalized spacial score (nSPS) is 17.6. The van der Waals surface area contributed by atoms with Crippen LogP contribution in [-0.2, 0) is 15.1 Å². The van der Waals surface area contributed by atoms with Gasteiger partial charge in [-0.1, -0.05) is 23.4 Å². The number of benzene rings is 1. The Balaban J connectivity index is 0.000000406. The summed E-state index contributed by atoms with van der Waals surface area (Å²) in [5.74, 6) is -2.19. The van der Waals surface area contributed by atoms with E-state index in [1.807, 2.05) is 4.90 Å². The number of hydrogen-bond donors (Lipinski definition) is 1. The van der Waals surface area contributed by atoms with Crippen LogP contribution < -0.4 is 4.90 Å². The minimum Gasteiger partial charge on any atom is -0.475 e. The molecule has 1 saturated heterocycles. The predicted octanol–water partition coefficient (Wildman–Crippen LogP) is 3.99. The molecule has 1 aromatic heterocycles. The Kier molecular flexibility index (Phi) is 7.54. The number of ether oxygens (including phenoxy) is 1. The molecule has 4 rings (SSSR count). The minimum atomic E-state index is -5.08. The number of aliphatic carboxylic acids is 1. The number of likely N-dealkylation sites (tertiary alicyclic amines) is 1. The zero-order valence-corrected chi connectivity index (χ0v) is 19.3. The van der Waals surface area contributed by atoms with Crippen LogP contribution >= 0.6 is 0 Å². The molecule has 34 heavy (non-hydrogen) atoms. The molecule has 0 bridgehead atoms. The van der Waals surface area contributed by atoms with Gasteiger partial charge in [0.05, 0.1) is 18.4 Å². The van der Waals surface area contributed by atoms with Gasteiger partial charge in [-0.25, -0.2) is 4.79 Å². The zero-order valence-electron chi connectivity index (χ0n) is 19.3. The fraction of sp³-hybridized carbons (Fsp3) is 0.522. The molecule has 2 aliphatic heterocycles. The van der Waals surface area contributed by atoms with Gasteiger partial charge in [-0.05, 0) is 39.7 Å². The SMILES string of the molecule is Cc1oncc1C(=O)N1CCC2(CC1)OCCN(C(C)C)c1ccccc12.O=C(O)C(F)(F)F. The van der Waals surface area contributed by atoms with Crippen molar-refractivity contribution in [3.05, 3.63) is 47.3 Å². The van der Waals surface area contributed by atoms with Crippen LogP contribution in [-0.4, -0.2) is 65.5 Å². The fourth-order valence-corrected chi connectivity index (χ4v) is 4.34. The number of para-hydroxylation sites is 1. The van der Waals surface area contributed by atoms with E-state index in [9.17, 15) is 18.0 Å². The monoisotopic (exact) mass is 483 g/mol. The van der Waals surface area contributed by atoms with E-state index in [2.05, 4.69) is 48.2 Å². The first-order valence-corrected chi connectivity index (χ1v) is 11.0. The number of carbonyl (C=O) groups is 2. The molecular weight excluding hydrogens is 455 g/mol. The average molecular weight is 483 g/mol. The van der Waals surface area contributed by atoms with E-state index in [4.69, 9.17) is 19.2 Å². The molecule has 1 spiro atoms. The third-order valence-electron chi connectivity index (χ3n) is 6.12. The quantitative estimate of drug-likeness (QED) is 0.690. The zero-order chi connectivity index (χ0) is 25.1. The van der Waals surface area contributed by atoms with Crippen molar-refractivity contribution < 1.29 is 37.1 Å². The van der Waals surface area contributed by atoms with Gasteiger partial charge in [0.15, 0.2) is 0 Å². The first-order valence-electron chi connectivity index (χ1n) is 11.0. The second-order valence-electron chi connectivity index (χ2n) is 8.54. The maximum absolute atomic E-state index is 12.8. The standard InChI is InChI=1S/C21H27N3O3.C2HF3O2/c1-15(2)24-12-13-26-21(18-6-4-5-7-19(18)24)8-10-23(11-9-21)20(25)17-14-22-27-16(17)3;3-2(4,5)1(6)7/h4-7,14-15H,8-13H2,1-3H3;(H,6,7). The summed E-state index contributed by atoms with van der Waals surface area (Å²) in [6.07, 6.45) is -1.97. The van der Waals surface area contributed by atoms with Crippen LogP contribution in [0.3, 0.4) is 0 Å². The summed E-state index contributed by atoms with van der Waals surface area (Å²) in [6, 6.07) is 9.00. The predicted molar refractivity (Wildman–Crippen MR) is 117 cm³/mol. The number of halogens is 3. The van der Waals surface area contributed by atoms with E-state index in [1.165, 1.54) is 17.4 Å². The second-order valence-corrected chi connectivity index (χ2v) is 8.54. The number of fused-ring (bicyclic) bond motifs is 2. The molecule has 1 N–H and O–H groups in total. The van der Waals surface area contributed by atoms with Gasteiger partial charge >= 0.3 is 12.1 Å². The van der Waals surface area contributed by atoms with Crippen molar-refractivity contribution in [3.63, 3.8) is 0 Å². The van der Waals surface area contributed by atoms with Gasteiger partial charge in [-0.2, -0.15) is 13.2 Å².